The lowest BCUT2D eigenvalue weighted by molar-refractivity contribution is 0.0645. The minimum absolute atomic E-state index is 0.0543. The molecule has 0 saturated carbocycles. The predicted octanol–water partition coefficient (Wildman–Crippen LogP) is 0.508. The number of nitrogen functional groups attached to an aromatic ring is 1. The zero-order valence-electron chi connectivity index (χ0n) is 9.67. The molecule has 17 heavy (non-hydrogen) atoms. The number of pyridine rings is 1. The Morgan fingerprint density at radius 3 is 2.71 bits per heavy atom. The van der Waals surface area contributed by atoms with Crippen LogP contribution in [-0.2, 0) is 0 Å². The lowest BCUT2D eigenvalue weighted by Crippen LogP contribution is -2.39. The Labute approximate surface area is 100 Å². The van der Waals surface area contributed by atoms with Gasteiger partial charge in [0.05, 0.1) is 11.9 Å². The molecule has 1 saturated heterocycles. The molecule has 0 bridgehead atoms. The summed E-state index contributed by atoms with van der Waals surface area (Å²) in [6, 6.07) is 3.33. The monoisotopic (exact) mass is 235 g/mol. The Morgan fingerprint density at radius 1 is 1.47 bits per heavy atom. The van der Waals surface area contributed by atoms with Crippen molar-refractivity contribution in [2.45, 2.75) is 12.8 Å². The van der Waals surface area contributed by atoms with E-state index in [1.807, 2.05) is 0 Å². The topological polar surface area (TPSA) is 79.5 Å². The van der Waals surface area contributed by atoms with Gasteiger partial charge in [0.2, 0.25) is 0 Å². The number of anilines is 1. The second-order valence-electron chi connectivity index (χ2n) is 4.39. The van der Waals surface area contributed by atoms with Crippen LogP contribution < -0.4 is 5.73 Å². The van der Waals surface area contributed by atoms with Crippen molar-refractivity contribution in [2.75, 3.05) is 25.4 Å². The van der Waals surface area contributed by atoms with E-state index in [2.05, 4.69) is 4.98 Å². The molecule has 3 N–H and O–H groups in total. The van der Waals surface area contributed by atoms with Gasteiger partial charge in [0, 0.05) is 19.7 Å². The highest BCUT2D eigenvalue weighted by Crippen LogP contribution is 2.18. The van der Waals surface area contributed by atoms with Crippen LogP contribution in [0.1, 0.15) is 23.3 Å². The standard InChI is InChI=1S/C12H17N3O2/c13-10-1-2-11(14-7-10)12(17)15-5-3-9(8-16)4-6-15/h1-2,7,9,16H,3-6,8,13H2. The van der Waals surface area contributed by atoms with Crippen LogP contribution in [0.4, 0.5) is 5.69 Å². The Kier molecular flexibility index (Phi) is 3.58. The summed E-state index contributed by atoms with van der Waals surface area (Å²) in [5.74, 6) is 0.278. The van der Waals surface area contributed by atoms with E-state index in [-0.39, 0.29) is 12.5 Å². The molecule has 0 spiro atoms. The Morgan fingerprint density at radius 2 is 2.18 bits per heavy atom. The maximum absolute atomic E-state index is 12.1. The first kappa shape index (κ1) is 11.9. The molecule has 0 aliphatic carbocycles. The molecule has 0 radical (unpaired) electrons. The first-order valence-corrected chi connectivity index (χ1v) is 5.82. The molecule has 2 heterocycles. The molecule has 0 unspecified atom stereocenters. The molecule has 1 fully saturated rings. The lowest BCUT2D eigenvalue weighted by atomic mass is 9.98. The predicted molar refractivity (Wildman–Crippen MR) is 64.4 cm³/mol. The van der Waals surface area contributed by atoms with E-state index in [9.17, 15) is 4.79 Å². The number of amides is 1. The van der Waals surface area contributed by atoms with Gasteiger partial charge >= 0.3 is 0 Å². The highest BCUT2D eigenvalue weighted by atomic mass is 16.3. The summed E-state index contributed by atoms with van der Waals surface area (Å²) < 4.78 is 0. The average Bonchev–Trinajstić information content (AvgIpc) is 2.39. The van der Waals surface area contributed by atoms with Crippen LogP contribution in [0, 0.1) is 5.92 Å². The molecule has 5 nitrogen and oxygen atoms in total. The van der Waals surface area contributed by atoms with Crippen LogP contribution >= 0.6 is 0 Å². The van der Waals surface area contributed by atoms with Crippen molar-refractivity contribution in [1.82, 2.24) is 9.88 Å². The number of nitrogens with zero attached hydrogens (tertiary/aromatic N) is 2. The van der Waals surface area contributed by atoms with Gasteiger partial charge in [0.1, 0.15) is 5.69 Å². The van der Waals surface area contributed by atoms with Crippen LogP contribution in [0.2, 0.25) is 0 Å². The van der Waals surface area contributed by atoms with Gasteiger partial charge in [-0.3, -0.25) is 4.79 Å². The summed E-state index contributed by atoms with van der Waals surface area (Å²) in [6.45, 7) is 1.59. The molecule has 1 amide bonds. The lowest BCUT2D eigenvalue weighted by Gasteiger charge is -2.30. The fraction of sp³-hybridized carbons (Fsp3) is 0.500. The van der Waals surface area contributed by atoms with Crippen molar-refractivity contribution in [3.8, 4) is 0 Å². The minimum atomic E-state index is -0.0543. The number of rotatable bonds is 2. The maximum atomic E-state index is 12.1. The fourth-order valence-corrected chi connectivity index (χ4v) is 2.01. The average molecular weight is 235 g/mol. The second-order valence-corrected chi connectivity index (χ2v) is 4.39. The summed E-state index contributed by atoms with van der Waals surface area (Å²) in [4.78, 5) is 17.9. The van der Waals surface area contributed by atoms with Gasteiger partial charge in [0.15, 0.2) is 0 Å². The van der Waals surface area contributed by atoms with Crippen LogP contribution in [0.3, 0.4) is 0 Å². The van der Waals surface area contributed by atoms with E-state index < -0.39 is 0 Å². The van der Waals surface area contributed by atoms with Gasteiger partial charge in [-0.15, -0.1) is 0 Å². The highest BCUT2D eigenvalue weighted by Gasteiger charge is 2.23. The van der Waals surface area contributed by atoms with E-state index in [0.29, 0.717) is 30.4 Å². The van der Waals surface area contributed by atoms with E-state index in [0.717, 1.165) is 12.8 Å². The van der Waals surface area contributed by atoms with E-state index in [1.54, 1.807) is 17.0 Å². The largest absolute Gasteiger partial charge is 0.397 e. The molecule has 92 valence electrons. The van der Waals surface area contributed by atoms with Gasteiger partial charge in [-0.25, -0.2) is 4.98 Å². The van der Waals surface area contributed by atoms with E-state index >= 15 is 0 Å². The van der Waals surface area contributed by atoms with Gasteiger partial charge in [-0.1, -0.05) is 0 Å². The number of carbonyl (C=O) groups excluding carboxylic acids is 1. The van der Waals surface area contributed by atoms with Gasteiger partial charge in [0.25, 0.3) is 5.91 Å². The van der Waals surface area contributed by atoms with Crippen LogP contribution in [0.15, 0.2) is 18.3 Å². The third kappa shape index (κ3) is 2.74. The first-order chi connectivity index (χ1) is 8.20. The first-order valence-electron chi connectivity index (χ1n) is 5.82. The van der Waals surface area contributed by atoms with Gasteiger partial charge in [-0.2, -0.15) is 0 Å². The van der Waals surface area contributed by atoms with Gasteiger partial charge in [-0.05, 0) is 30.9 Å². The summed E-state index contributed by atoms with van der Waals surface area (Å²) >= 11 is 0. The van der Waals surface area contributed by atoms with E-state index in [4.69, 9.17) is 10.8 Å². The Bertz CT molecular complexity index is 383. The normalized spacial score (nSPS) is 17.1. The number of aliphatic hydroxyl groups excluding tert-OH is 1. The maximum Gasteiger partial charge on any atom is 0.272 e. The highest BCUT2D eigenvalue weighted by molar-refractivity contribution is 5.92. The molecule has 5 heteroatoms. The number of piperidine rings is 1. The van der Waals surface area contributed by atoms with Crippen LogP contribution in [-0.4, -0.2) is 40.6 Å². The smallest absolute Gasteiger partial charge is 0.272 e. The summed E-state index contributed by atoms with van der Waals surface area (Å²) in [5, 5.41) is 9.03. The molecule has 1 aliphatic heterocycles. The molecule has 2 rings (SSSR count). The van der Waals surface area contributed by atoms with Crippen LogP contribution in [0.25, 0.3) is 0 Å². The van der Waals surface area contributed by atoms with Gasteiger partial charge < -0.3 is 15.7 Å². The molecule has 0 atom stereocenters. The number of hydrogen-bond donors (Lipinski definition) is 2. The molecular formula is C12H17N3O2. The Balaban J connectivity index is 1.99. The molecular weight excluding hydrogens is 218 g/mol. The SMILES string of the molecule is Nc1ccc(C(=O)N2CCC(CO)CC2)nc1. The Hall–Kier alpha value is -1.62. The third-order valence-corrected chi connectivity index (χ3v) is 3.17. The molecule has 0 aromatic carbocycles. The second kappa shape index (κ2) is 5.14. The van der Waals surface area contributed by atoms with Crippen molar-refractivity contribution in [1.29, 1.82) is 0 Å². The van der Waals surface area contributed by atoms with Crippen molar-refractivity contribution in [3.05, 3.63) is 24.0 Å². The zero-order chi connectivity index (χ0) is 12.3. The fourth-order valence-electron chi connectivity index (χ4n) is 2.01. The van der Waals surface area contributed by atoms with Crippen molar-refractivity contribution in [2.24, 2.45) is 5.92 Å². The van der Waals surface area contributed by atoms with Crippen molar-refractivity contribution in [3.63, 3.8) is 0 Å². The minimum Gasteiger partial charge on any atom is -0.397 e. The number of hydrogen-bond acceptors (Lipinski definition) is 4. The van der Waals surface area contributed by atoms with Crippen molar-refractivity contribution < 1.29 is 9.90 Å². The summed E-state index contributed by atoms with van der Waals surface area (Å²) in [5.41, 5.74) is 6.51. The molecule has 1 aliphatic rings. The number of carbonyl (C=O) groups is 1. The van der Waals surface area contributed by atoms with Crippen LogP contribution in [0.5, 0.6) is 0 Å². The number of aliphatic hydroxyl groups is 1. The zero-order valence-corrected chi connectivity index (χ0v) is 9.67. The molecule has 1 aromatic heterocycles. The van der Waals surface area contributed by atoms with Crippen molar-refractivity contribution >= 4 is 11.6 Å². The number of likely N-dealkylation sites (tertiary alicyclic amines) is 1. The quantitative estimate of drug-likeness (QED) is 0.782. The van der Waals surface area contributed by atoms with E-state index in [1.165, 1.54) is 6.20 Å². The number of nitrogens with two attached hydrogens (primary N) is 1. The summed E-state index contributed by atoms with van der Waals surface area (Å²) in [6.07, 6.45) is 3.21. The number of aromatic nitrogens is 1. The third-order valence-electron chi connectivity index (χ3n) is 3.17. The molecule has 1 aromatic rings. The summed E-state index contributed by atoms with van der Waals surface area (Å²) in [7, 11) is 0.